The molecule has 9 heteroatoms. The molecule has 3 N–H and O–H groups in total. The fourth-order valence-corrected chi connectivity index (χ4v) is 1.82. The largest absolute Gasteiger partial charge is 0.493 e. The number of hydrazone groups is 1. The van der Waals surface area contributed by atoms with Crippen LogP contribution in [0.4, 0.5) is 0 Å². The lowest BCUT2D eigenvalue weighted by molar-refractivity contribution is -0.139. The summed E-state index contributed by atoms with van der Waals surface area (Å²) < 4.78 is 10.6. The number of nitrogens with one attached hydrogen (secondary N) is 3. The standard InChI is InChI=1S/C17H24N4O5/c1-5-18-15(22)10-26-13-7-6-12(8-14(13)25-4)9-19-21-17(24)16(23)20-11(2)3/h6-9,11H,5,10H2,1-4H3,(H,18,22)(H,20,23)(H,21,24)/b19-9-. The number of amides is 3. The molecule has 0 aliphatic rings. The summed E-state index contributed by atoms with van der Waals surface area (Å²) >= 11 is 0. The van der Waals surface area contributed by atoms with Gasteiger partial charge in [0.2, 0.25) is 0 Å². The summed E-state index contributed by atoms with van der Waals surface area (Å²) in [6.07, 6.45) is 1.36. The van der Waals surface area contributed by atoms with Crippen molar-refractivity contribution in [2.24, 2.45) is 5.10 Å². The molecule has 0 aromatic heterocycles. The molecule has 3 amide bonds. The van der Waals surface area contributed by atoms with Crippen molar-refractivity contribution in [3.63, 3.8) is 0 Å². The fourth-order valence-electron chi connectivity index (χ4n) is 1.82. The van der Waals surface area contributed by atoms with Crippen LogP contribution in [0.3, 0.4) is 0 Å². The van der Waals surface area contributed by atoms with E-state index in [1.165, 1.54) is 13.3 Å². The Morgan fingerprint density at radius 2 is 1.92 bits per heavy atom. The van der Waals surface area contributed by atoms with E-state index < -0.39 is 11.8 Å². The molecule has 1 aromatic rings. The molecule has 1 aromatic carbocycles. The number of hydrogen-bond donors (Lipinski definition) is 3. The van der Waals surface area contributed by atoms with Gasteiger partial charge in [0.1, 0.15) is 0 Å². The van der Waals surface area contributed by atoms with Gasteiger partial charge in [-0.1, -0.05) is 0 Å². The topological polar surface area (TPSA) is 118 Å². The van der Waals surface area contributed by atoms with Gasteiger partial charge in [-0.3, -0.25) is 14.4 Å². The van der Waals surface area contributed by atoms with Gasteiger partial charge in [-0.05, 0) is 44.5 Å². The molecule has 0 aliphatic carbocycles. The van der Waals surface area contributed by atoms with E-state index in [4.69, 9.17) is 9.47 Å². The molecule has 0 heterocycles. The summed E-state index contributed by atoms with van der Waals surface area (Å²) in [7, 11) is 1.47. The van der Waals surface area contributed by atoms with Crippen LogP contribution < -0.4 is 25.5 Å². The van der Waals surface area contributed by atoms with Crippen LogP contribution in [-0.4, -0.2) is 50.2 Å². The average molecular weight is 364 g/mol. The average Bonchev–Trinajstić information content (AvgIpc) is 2.59. The molecule has 0 atom stereocenters. The molecule has 0 unspecified atom stereocenters. The highest BCUT2D eigenvalue weighted by Gasteiger charge is 2.13. The molecule has 0 radical (unpaired) electrons. The second kappa shape index (κ2) is 10.7. The van der Waals surface area contributed by atoms with Crippen molar-refractivity contribution in [3.8, 4) is 11.5 Å². The lowest BCUT2D eigenvalue weighted by Gasteiger charge is -2.11. The predicted octanol–water partition coefficient (Wildman–Crippen LogP) is 0.185. The Morgan fingerprint density at radius 3 is 2.54 bits per heavy atom. The maximum absolute atomic E-state index is 11.5. The smallest absolute Gasteiger partial charge is 0.329 e. The number of carbonyl (C=O) groups is 3. The molecule has 1 rings (SSSR count). The molecular formula is C17H24N4O5. The quantitative estimate of drug-likeness (QED) is 0.346. The number of rotatable bonds is 8. The van der Waals surface area contributed by atoms with Crippen LogP contribution >= 0.6 is 0 Å². The molecule has 0 saturated carbocycles. The minimum absolute atomic E-state index is 0.126. The summed E-state index contributed by atoms with van der Waals surface area (Å²) in [6, 6.07) is 4.76. The van der Waals surface area contributed by atoms with Gasteiger partial charge in [-0.25, -0.2) is 5.43 Å². The van der Waals surface area contributed by atoms with E-state index >= 15 is 0 Å². The first-order valence-corrected chi connectivity index (χ1v) is 8.08. The van der Waals surface area contributed by atoms with Crippen LogP contribution in [0.2, 0.25) is 0 Å². The third-order valence-electron chi connectivity index (χ3n) is 2.93. The Balaban J connectivity index is 2.67. The van der Waals surface area contributed by atoms with Crippen LogP contribution in [0.15, 0.2) is 23.3 Å². The van der Waals surface area contributed by atoms with Gasteiger partial charge >= 0.3 is 11.8 Å². The molecule has 0 aliphatic heterocycles. The summed E-state index contributed by atoms with van der Waals surface area (Å²) in [4.78, 5) is 34.4. The van der Waals surface area contributed by atoms with Gasteiger partial charge in [0.15, 0.2) is 18.1 Å². The fraction of sp³-hybridized carbons (Fsp3) is 0.412. The maximum Gasteiger partial charge on any atom is 0.329 e. The number of likely N-dealkylation sites (N-methyl/N-ethyl adjacent to an activating group) is 1. The molecule has 9 nitrogen and oxygen atoms in total. The number of ether oxygens (including phenoxy) is 2. The number of hydrogen-bond acceptors (Lipinski definition) is 6. The van der Waals surface area contributed by atoms with Crippen molar-refractivity contribution in [2.75, 3.05) is 20.3 Å². The Hall–Kier alpha value is -3.10. The highest BCUT2D eigenvalue weighted by Crippen LogP contribution is 2.27. The van der Waals surface area contributed by atoms with Crippen molar-refractivity contribution in [3.05, 3.63) is 23.8 Å². The van der Waals surface area contributed by atoms with Crippen LogP contribution in [-0.2, 0) is 14.4 Å². The van der Waals surface area contributed by atoms with E-state index in [1.807, 2.05) is 6.92 Å². The van der Waals surface area contributed by atoms with E-state index in [1.54, 1.807) is 32.0 Å². The minimum Gasteiger partial charge on any atom is -0.493 e. The lowest BCUT2D eigenvalue weighted by Crippen LogP contribution is -2.41. The van der Waals surface area contributed by atoms with Crippen LogP contribution in [0.25, 0.3) is 0 Å². The van der Waals surface area contributed by atoms with Crippen molar-refractivity contribution in [1.82, 2.24) is 16.1 Å². The van der Waals surface area contributed by atoms with Crippen LogP contribution in [0.1, 0.15) is 26.3 Å². The lowest BCUT2D eigenvalue weighted by atomic mass is 10.2. The van der Waals surface area contributed by atoms with Crippen molar-refractivity contribution in [2.45, 2.75) is 26.8 Å². The van der Waals surface area contributed by atoms with E-state index in [0.29, 0.717) is 23.6 Å². The maximum atomic E-state index is 11.5. The summed E-state index contributed by atoms with van der Waals surface area (Å²) in [6.45, 7) is 5.71. The van der Waals surface area contributed by atoms with E-state index in [2.05, 4.69) is 21.2 Å². The van der Waals surface area contributed by atoms with Gasteiger partial charge < -0.3 is 20.1 Å². The Labute approximate surface area is 152 Å². The number of carbonyl (C=O) groups excluding carboxylic acids is 3. The molecule has 142 valence electrons. The second-order valence-corrected chi connectivity index (χ2v) is 5.48. The second-order valence-electron chi connectivity index (χ2n) is 5.48. The Bertz CT molecular complexity index is 673. The molecule has 0 saturated heterocycles. The number of benzene rings is 1. The molecular weight excluding hydrogens is 340 g/mol. The zero-order chi connectivity index (χ0) is 19.5. The zero-order valence-electron chi connectivity index (χ0n) is 15.3. The Morgan fingerprint density at radius 1 is 1.19 bits per heavy atom. The molecule has 0 bridgehead atoms. The van der Waals surface area contributed by atoms with Crippen LogP contribution in [0, 0.1) is 0 Å². The summed E-state index contributed by atoms with van der Waals surface area (Å²) in [5.41, 5.74) is 2.74. The van der Waals surface area contributed by atoms with Crippen molar-refractivity contribution in [1.29, 1.82) is 0 Å². The van der Waals surface area contributed by atoms with E-state index in [0.717, 1.165) is 0 Å². The Kier molecular flexibility index (Phi) is 8.62. The van der Waals surface area contributed by atoms with Crippen LogP contribution in [0.5, 0.6) is 11.5 Å². The predicted molar refractivity (Wildman–Crippen MR) is 96.2 cm³/mol. The summed E-state index contributed by atoms with van der Waals surface area (Å²) in [5.74, 6) is -1.05. The first-order chi connectivity index (χ1) is 12.4. The molecule has 0 fully saturated rings. The highest BCUT2D eigenvalue weighted by atomic mass is 16.5. The number of nitrogens with zero attached hydrogens (tertiary/aromatic N) is 1. The van der Waals surface area contributed by atoms with Crippen molar-refractivity contribution >= 4 is 23.9 Å². The van der Waals surface area contributed by atoms with Gasteiger partial charge in [0, 0.05) is 12.6 Å². The third-order valence-corrected chi connectivity index (χ3v) is 2.93. The number of methoxy groups -OCH3 is 1. The summed E-state index contributed by atoms with van der Waals surface area (Å²) in [5, 5.41) is 8.81. The monoisotopic (exact) mass is 364 g/mol. The van der Waals surface area contributed by atoms with E-state index in [-0.39, 0.29) is 18.6 Å². The minimum atomic E-state index is -0.858. The van der Waals surface area contributed by atoms with Crippen molar-refractivity contribution < 1.29 is 23.9 Å². The molecule has 26 heavy (non-hydrogen) atoms. The van der Waals surface area contributed by atoms with Gasteiger partial charge in [-0.15, -0.1) is 0 Å². The molecule has 0 spiro atoms. The van der Waals surface area contributed by atoms with Gasteiger partial charge in [-0.2, -0.15) is 5.10 Å². The third kappa shape index (κ3) is 7.20. The highest BCUT2D eigenvalue weighted by molar-refractivity contribution is 6.35. The van der Waals surface area contributed by atoms with E-state index in [9.17, 15) is 14.4 Å². The van der Waals surface area contributed by atoms with Gasteiger partial charge in [0.25, 0.3) is 5.91 Å². The first kappa shape index (κ1) is 20.9. The van der Waals surface area contributed by atoms with Gasteiger partial charge in [0.05, 0.1) is 13.3 Å². The SMILES string of the molecule is CCNC(=O)COc1ccc(/C=N\NC(=O)C(=O)NC(C)C)cc1OC. The zero-order valence-corrected chi connectivity index (χ0v) is 15.3. The normalized spacial score (nSPS) is 10.5. The first-order valence-electron chi connectivity index (χ1n) is 8.08.